The highest BCUT2D eigenvalue weighted by Crippen LogP contribution is 2.32. The zero-order valence-electron chi connectivity index (χ0n) is 15.2. The summed E-state index contributed by atoms with van der Waals surface area (Å²) in [5.74, 6) is 1.24. The van der Waals surface area contributed by atoms with Crippen LogP contribution in [-0.4, -0.2) is 17.7 Å². The van der Waals surface area contributed by atoms with Crippen molar-refractivity contribution in [2.24, 2.45) is 0 Å². The second-order valence-corrected chi connectivity index (χ2v) is 6.78. The molecule has 2 heterocycles. The van der Waals surface area contributed by atoms with Gasteiger partial charge in [-0.05, 0) is 48.4 Å². The summed E-state index contributed by atoms with van der Waals surface area (Å²) in [6.07, 6.45) is 3.20. The van der Waals surface area contributed by atoms with Gasteiger partial charge in [0.15, 0.2) is 11.5 Å². The van der Waals surface area contributed by atoms with Crippen LogP contribution in [0.3, 0.4) is 0 Å². The van der Waals surface area contributed by atoms with E-state index < -0.39 is 0 Å². The summed E-state index contributed by atoms with van der Waals surface area (Å²) in [6.45, 7) is 2.68. The summed E-state index contributed by atoms with van der Waals surface area (Å²) in [5, 5.41) is 6.75. The van der Waals surface area contributed by atoms with Crippen LogP contribution in [0.2, 0.25) is 5.02 Å². The van der Waals surface area contributed by atoms with Crippen molar-refractivity contribution < 1.29 is 14.3 Å². The van der Waals surface area contributed by atoms with Crippen LogP contribution in [0.25, 0.3) is 0 Å². The van der Waals surface area contributed by atoms with Crippen LogP contribution in [0, 0.1) is 6.92 Å². The Hall–Kier alpha value is -3.25. The number of rotatable bonds is 5. The number of anilines is 2. The van der Waals surface area contributed by atoms with E-state index in [2.05, 4.69) is 15.6 Å². The minimum absolute atomic E-state index is 0.246. The van der Waals surface area contributed by atoms with E-state index in [0.717, 1.165) is 28.3 Å². The third kappa shape index (κ3) is 3.87. The van der Waals surface area contributed by atoms with Crippen molar-refractivity contribution in [1.29, 1.82) is 0 Å². The summed E-state index contributed by atoms with van der Waals surface area (Å²) in [4.78, 5) is 16.7. The second kappa shape index (κ2) is 7.78. The van der Waals surface area contributed by atoms with E-state index in [-0.39, 0.29) is 12.7 Å². The standard InChI is InChI=1S/C21H18ClN3O3/c1-13-17(22)3-2-4-18(13)25-21(26)15-8-16(11-23-10-15)24-9-14-5-6-19-20(7-14)28-12-27-19/h2-8,10-11,24H,9,12H2,1H3,(H,25,26). The molecular formula is C21H18ClN3O3. The van der Waals surface area contributed by atoms with Gasteiger partial charge in [0.25, 0.3) is 5.91 Å². The monoisotopic (exact) mass is 395 g/mol. The number of aromatic nitrogens is 1. The van der Waals surface area contributed by atoms with Crippen molar-refractivity contribution in [3.05, 3.63) is 76.6 Å². The molecule has 2 N–H and O–H groups in total. The first-order valence-electron chi connectivity index (χ1n) is 8.74. The molecule has 1 aliphatic heterocycles. The van der Waals surface area contributed by atoms with Crippen LogP contribution in [0.1, 0.15) is 21.5 Å². The lowest BCUT2D eigenvalue weighted by Gasteiger charge is -2.11. The molecule has 0 radical (unpaired) electrons. The van der Waals surface area contributed by atoms with E-state index in [1.807, 2.05) is 31.2 Å². The zero-order valence-corrected chi connectivity index (χ0v) is 15.9. The van der Waals surface area contributed by atoms with Gasteiger partial charge in [-0.1, -0.05) is 23.7 Å². The Morgan fingerprint density at radius 3 is 2.89 bits per heavy atom. The van der Waals surface area contributed by atoms with E-state index in [4.69, 9.17) is 21.1 Å². The van der Waals surface area contributed by atoms with Crippen LogP contribution in [0.15, 0.2) is 54.9 Å². The molecule has 1 amide bonds. The number of ether oxygens (including phenoxy) is 2. The molecule has 0 unspecified atom stereocenters. The molecule has 6 nitrogen and oxygen atoms in total. The van der Waals surface area contributed by atoms with Crippen molar-refractivity contribution in [2.45, 2.75) is 13.5 Å². The van der Waals surface area contributed by atoms with Crippen LogP contribution < -0.4 is 20.1 Å². The molecule has 1 aliphatic rings. The number of carbonyl (C=O) groups excluding carboxylic acids is 1. The van der Waals surface area contributed by atoms with Gasteiger partial charge in [0.05, 0.1) is 11.3 Å². The summed E-state index contributed by atoms with van der Waals surface area (Å²) >= 11 is 6.11. The van der Waals surface area contributed by atoms with Crippen molar-refractivity contribution in [3.8, 4) is 11.5 Å². The molecule has 7 heteroatoms. The van der Waals surface area contributed by atoms with E-state index in [0.29, 0.717) is 22.8 Å². The lowest BCUT2D eigenvalue weighted by molar-refractivity contribution is 0.102. The quantitative estimate of drug-likeness (QED) is 0.658. The normalized spacial score (nSPS) is 11.9. The molecule has 0 fully saturated rings. The molecular weight excluding hydrogens is 378 g/mol. The Bertz CT molecular complexity index is 1040. The third-order valence-corrected chi connectivity index (χ3v) is 4.86. The minimum atomic E-state index is -0.246. The first-order valence-corrected chi connectivity index (χ1v) is 9.12. The van der Waals surface area contributed by atoms with Gasteiger partial charge in [0.2, 0.25) is 6.79 Å². The van der Waals surface area contributed by atoms with Crippen molar-refractivity contribution in [2.75, 3.05) is 17.4 Å². The maximum absolute atomic E-state index is 12.6. The van der Waals surface area contributed by atoms with Crippen LogP contribution in [0.5, 0.6) is 11.5 Å². The molecule has 4 rings (SSSR count). The molecule has 0 aliphatic carbocycles. The third-order valence-electron chi connectivity index (χ3n) is 4.45. The predicted octanol–water partition coefficient (Wildman–Crippen LogP) is 4.64. The Morgan fingerprint density at radius 1 is 1.14 bits per heavy atom. The zero-order chi connectivity index (χ0) is 19.5. The van der Waals surface area contributed by atoms with E-state index >= 15 is 0 Å². The smallest absolute Gasteiger partial charge is 0.257 e. The summed E-state index contributed by atoms with van der Waals surface area (Å²) in [5.41, 5.74) is 3.73. The Balaban J connectivity index is 1.44. The molecule has 142 valence electrons. The van der Waals surface area contributed by atoms with Crippen LogP contribution in [0.4, 0.5) is 11.4 Å². The van der Waals surface area contributed by atoms with Crippen LogP contribution in [-0.2, 0) is 6.54 Å². The summed E-state index contributed by atoms with van der Waals surface area (Å²) in [6, 6.07) is 12.9. The number of benzene rings is 2. The Morgan fingerprint density at radius 2 is 2.00 bits per heavy atom. The Labute approximate surface area is 167 Å². The van der Waals surface area contributed by atoms with E-state index in [1.165, 1.54) is 6.20 Å². The van der Waals surface area contributed by atoms with E-state index in [9.17, 15) is 4.79 Å². The molecule has 0 saturated carbocycles. The molecule has 28 heavy (non-hydrogen) atoms. The first kappa shape index (κ1) is 18.1. The highest BCUT2D eigenvalue weighted by molar-refractivity contribution is 6.31. The predicted molar refractivity (Wildman–Crippen MR) is 108 cm³/mol. The topological polar surface area (TPSA) is 72.5 Å². The first-order chi connectivity index (χ1) is 13.6. The number of fused-ring (bicyclic) bond motifs is 1. The number of halogens is 1. The maximum Gasteiger partial charge on any atom is 0.257 e. The molecule has 0 saturated heterocycles. The van der Waals surface area contributed by atoms with Gasteiger partial charge in [-0.2, -0.15) is 0 Å². The second-order valence-electron chi connectivity index (χ2n) is 6.37. The highest BCUT2D eigenvalue weighted by atomic mass is 35.5. The SMILES string of the molecule is Cc1c(Cl)cccc1NC(=O)c1cncc(NCc2ccc3c(c2)OCO3)c1. The molecule has 1 aromatic heterocycles. The molecule has 0 atom stereocenters. The molecule has 2 aromatic carbocycles. The van der Waals surface area contributed by atoms with Gasteiger partial charge in [0, 0.05) is 29.6 Å². The summed E-state index contributed by atoms with van der Waals surface area (Å²) in [7, 11) is 0. The average Bonchev–Trinajstić information content (AvgIpc) is 3.18. The van der Waals surface area contributed by atoms with Gasteiger partial charge in [-0.25, -0.2) is 0 Å². The molecule has 3 aromatic rings. The van der Waals surface area contributed by atoms with Crippen molar-refractivity contribution in [1.82, 2.24) is 4.98 Å². The van der Waals surface area contributed by atoms with Gasteiger partial charge in [0.1, 0.15) is 0 Å². The minimum Gasteiger partial charge on any atom is -0.454 e. The number of amides is 1. The van der Waals surface area contributed by atoms with Gasteiger partial charge < -0.3 is 20.1 Å². The number of hydrogen-bond acceptors (Lipinski definition) is 5. The lowest BCUT2D eigenvalue weighted by atomic mass is 10.1. The molecule has 0 bridgehead atoms. The molecule has 0 spiro atoms. The van der Waals surface area contributed by atoms with Crippen molar-refractivity contribution in [3.63, 3.8) is 0 Å². The van der Waals surface area contributed by atoms with Gasteiger partial charge in [-0.15, -0.1) is 0 Å². The number of carbonyl (C=O) groups is 1. The van der Waals surface area contributed by atoms with E-state index in [1.54, 1.807) is 24.4 Å². The Kier molecular flexibility index (Phi) is 5.04. The highest BCUT2D eigenvalue weighted by Gasteiger charge is 2.13. The largest absolute Gasteiger partial charge is 0.454 e. The fraction of sp³-hybridized carbons (Fsp3) is 0.143. The lowest BCUT2D eigenvalue weighted by Crippen LogP contribution is -2.13. The van der Waals surface area contributed by atoms with Crippen molar-refractivity contribution >= 4 is 28.9 Å². The summed E-state index contributed by atoms with van der Waals surface area (Å²) < 4.78 is 10.7. The van der Waals surface area contributed by atoms with Gasteiger partial charge >= 0.3 is 0 Å². The number of hydrogen-bond donors (Lipinski definition) is 2. The number of nitrogens with zero attached hydrogens (tertiary/aromatic N) is 1. The number of nitrogens with one attached hydrogen (secondary N) is 2. The van der Waals surface area contributed by atoms with Gasteiger partial charge in [-0.3, -0.25) is 9.78 Å². The maximum atomic E-state index is 12.6. The fourth-order valence-electron chi connectivity index (χ4n) is 2.85. The van der Waals surface area contributed by atoms with Crippen LogP contribution >= 0.6 is 11.6 Å². The number of pyridine rings is 1. The fourth-order valence-corrected chi connectivity index (χ4v) is 3.03. The average molecular weight is 396 g/mol.